The number of likely N-dealkylation sites (tertiary alicyclic amines) is 1. The standard InChI is InChI=1S/C11H19N5O/c1-15-4-3-9(6-15)14-11(17)12-5-10-7-16(2)8-13-10/h7-9H,3-6H2,1-2H3,(H2,12,14,17). The summed E-state index contributed by atoms with van der Waals surface area (Å²) in [4.78, 5) is 18.0. The quantitative estimate of drug-likeness (QED) is 0.773. The average molecular weight is 237 g/mol. The largest absolute Gasteiger partial charge is 0.340 e. The first-order valence-electron chi connectivity index (χ1n) is 5.83. The van der Waals surface area contributed by atoms with Gasteiger partial charge in [0.2, 0.25) is 0 Å². The molecule has 2 N–H and O–H groups in total. The number of aryl methyl sites for hydroxylation is 1. The third kappa shape index (κ3) is 3.45. The molecule has 1 aliphatic rings. The minimum Gasteiger partial charge on any atom is -0.340 e. The van der Waals surface area contributed by atoms with Crippen molar-refractivity contribution in [2.24, 2.45) is 7.05 Å². The first-order chi connectivity index (χ1) is 8.13. The Morgan fingerprint density at radius 1 is 1.59 bits per heavy atom. The van der Waals surface area contributed by atoms with Crippen molar-refractivity contribution in [1.82, 2.24) is 25.1 Å². The van der Waals surface area contributed by atoms with Crippen molar-refractivity contribution < 1.29 is 4.79 Å². The summed E-state index contributed by atoms with van der Waals surface area (Å²) >= 11 is 0. The Balaban J connectivity index is 1.71. The SMILES string of the molecule is CN1CCC(NC(=O)NCc2cn(C)cn2)C1. The molecule has 6 nitrogen and oxygen atoms in total. The molecule has 0 aliphatic carbocycles. The maximum absolute atomic E-state index is 11.6. The van der Waals surface area contributed by atoms with Crippen molar-refractivity contribution in [3.63, 3.8) is 0 Å². The predicted octanol–water partition coefficient (Wildman–Crippen LogP) is -0.0766. The van der Waals surface area contributed by atoms with Crippen LogP contribution in [0.5, 0.6) is 0 Å². The minimum absolute atomic E-state index is 0.115. The van der Waals surface area contributed by atoms with Crippen LogP contribution >= 0.6 is 0 Å². The minimum atomic E-state index is -0.115. The van der Waals surface area contributed by atoms with E-state index in [1.807, 2.05) is 17.8 Å². The Morgan fingerprint density at radius 3 is 3.00 bits per heavy atom. The molecule has 1 atom stereocenters. The average Bonchev–Trinajstić information content (AvgIpc) is 2.85. The Labute approximate surface area is 101 Å². The monoisotopic (exact) mass is 237 g/mol. The number of hydrogen-bond donors (Lipinski definition) is 2. The van der Waals surface area contributed by atoms with Gasteiger partial charge in [0, 0.05) is 25.8 Å². The normalized spacial score (nSPS) is 20.5. The fraction of sp³-hybridized carbons (Fsp3) is 0.636. The molecule has 1 aromatic rings. The van der Waals surface area contributed by atoms with Crippen LogP contribution in [0.2, 0.25) is 0 Å². The summed E-state index contributed by atoms with van der Waals surface area (Å²) in [5.74, 6) is 0. The molecule has 1 aromatic heterocycles. The van der Waals surface area contributed by atoms with E-state index in [1.165, 1.54) is 0 Å². The summed E-state index contributed by atoms with van der Waals surface area (Å²) in [6.45, 7) is 2.44. The van der Waals surface area contributed by atoms with Crippen molar-refractivity contribution in [2.75, 3.05) is 20.1 Å². The van der Waals surface area contributed by atoms with E-state index >= 15 is 0 Å². The molecule has 1 aliphatic heterocycles. The van der Waals surface area contributed by atoms with Crippen molar-refractivity contribution in [3.8, 4) is 0 Å². The molecule has 6 heteroatoms. The lowest BCUT2D eigenvalue weighted by atomic mass is 10.3. The van der Waals surface area contributed by atoms with Gasteiger partial charge in [0.1, 0.15) is 0 Å². The van der Waals surface area contributed by atoms with Crippen LogP contribution < -0.4 is 10.6 Å². The summed E-state index contributed by atoms with van der Waals surface area (Å²) in [6.07, 6.45) is 4.64. The number of likely N-dealkylation sites (N-methyl/N-ethyl adjacent to an activating group) is 1. The van der Waals surface area contributed by atoms with E-state index in [0.717, 1.165) is 25.2 Å². The van der Waals surface area contributed by atoms with Gasteiger partial charge in [0.25, 0.3) is 0 Å². The van der Waals surface area contributed by atoms with E-state index < -0.39 is 0 Å². The van der Waals surface area contributed by atoms with Gasteiger partial charge < -0.3 is 20.1 Å². The van der Waals surface area contributed by atoms with Gasteiger partial charge >= 0.3 is 6.03 Å². The smallest absolute Gasteiger partial charge is 0.315 e. The van der Waals surface area contributed by atoms with Crippen molar-refractivity contribution in [3.05, 3.63) is 18.2 Å². The molecule has 0 radical (unpaired) electrons. The number of carbonyl (C=O) groups excluding carboxylic acids is 1. The number of rotatable bonds is 3. The number of carbonyl (C=O) groups is 1. The van der Waals surface area contributed by atoms with Gasteiger partial charge in [-0.15, -0.1) is 0 Å². The molecule has 2 rings (SSSR count). The van der Waals surface area contributed by atoms with Gasteiger partial charge in [-0.25, -0.2) is 9.78 Å². The number of urea groups is 1. The molecule has 2 heterocycles. The number of nitrogens with zero attached hydrogens (tertiary/aromatic N) is 3. The van der Waals surface area contributed by atoms with E-state index in [4.69, 9.17) is 0 Å². The van der Waals surface area contributed by atoms with Crippen LogP contribution in [0.15, 0.2) is 12.5 Å². The van der Waals surface area contributed by atoms with Gasteiger partial charge in [-0.2, -0.15) is 0 Å². The van der Waals surface area contributed by atoms with Crippen LogP contribution in [0.3, 0.4) is 0 Å². The Bertz CT molecular complexity index is 389. The molecule has 2 amide bonds. The van der Waals surface area contributed by atoms with Crippen LogP contribution in [0.1, 0.15) is 12.1 Å². The number of aromatic nitrogens is 2. The molecule has 0 saturated carbocycles. The molecule has 94 valence electrons. The molecule has 17 heavy (non-hydrogen) atoms. The van der Waals surface area contributed by atoms with Crippen LogP contribution in [-0.4, -0.2) is 46.7 Å². The van der Waals surface area contributed by atoms with Gasteiger partial charge in [-0.1, -0.05) is 0 Å². The highest BCUT2D eigenvalue weighted by Crippen LogP contribution is 2.05. The van der Waals surface area contributed by atoms with Crippen LogP contribution in [-0.2, 0) is 13.6 Å². The summed E-state index contributed by atoms with van der Waals surface area (Å²) in [5, 5.41) is 5.77. The second kappa shape index (κ2) is 5.18. The van der Waals surface area contributed by atoms with Gasteiger partial charge in [-0.05, 0) is 20.0 Å². The Morgan fingerprint density at radius 2 is 2.41 bits per heavy atom. The highest BCUT2D eigenvalue weighted by atomic mass is 16.2. The molecule has 1 saturated heterocycles. The second-order valence-electron chi connectivity index (χ2n) is 4.61. The van der Waals surface area contributed by atoms with E-state index in [2.05, 4.69) is 27.6 Å². The summed E-state index contributed by atoms with van der Waals surface area (Å²) in [7, 11) is 3.97. The molecule has 0 bridgehead atoms. The van der Waals surface area contributed by atoms with Crippen LogP contribution in [0.4, 0.5) is 4.79 Å². The summed E-state index contributed by atoms with van der Waals surface area (Å²) < 4.78 is 1.86. The zero-order valence-electron chi connectivity index (χ0n) is 10.3. The molecule has 1 fully saturated rings. The lowest BCUT2D eigenvalue weighted by Gasteiger charge is -2.13. The van der Waals surface area contributed by atoms with Crippen molar-refractivity contribution in [1.29, 1.82) is 0 Å². The molecular weight excluding hydrogens is 218 g/mol. The zero-order valence-corrected chi connectivity index (χ0v) is 10.3. The molecule has 1 unspecified atom stereocenters. The zero-order chi connectivity index (χ0) is 12.3. The Hall–Kier alpha value is -1.56. The molecule has 0 aromatic carbocycles. The Kier molecular flexibility index (Phi) is 3.63. The van der Waals surface area contributed by atoms with Crippen molar-refractivity contribution in [2.45, 2.75) is 19.0 Å². The topological polar surface area (TPSA) is 62.2 Å². The highest BCUT2D eigenvalue weighted by Gasteiger charge is 2.20. The van der Waals surface area contributed by atoms with Crippen LogP contribution in [0.25, 0.3) is 0 Å². The van der Waals surface area contributed by atoms with E-state index in [1.54, 1.807) is 6.33 Å². The van der Waals surface area contributed by atoms with Gasteiger partial charge in [0.05, 0.1) is 18.6 Å². The maximum atomic E-state index is 11.6. The van der Waals surface area contributed by atoms with Gasteiger partial charge in [-0.3, -0.25) is 0 Å². The number of nitrogens with one attached hydrogen (secondary N) is 2. The number of imidazole rings is 1. The first-order valence-corrected chi connectivity index (χ1v) is 5.83. The first kappa shape index (κ1) is 11.9. The van der Waals surface area contributed by atoms with E-state index in [0.29, 0.717) is 6.54 Å². The predicted molar refractivity (Wildman–Crippen MR) is 64.5 cm³/mol. The lowest BCUT2D eigenvalue weighted by Crippen LogP contribution is -2.42. The maximum Gasteiger partial charge on any atom is 0.315 e. The molecular formula is C11H19N5O. The second-order valence-corrected chi connectivity index (χ2v) is 4.61. The van der Waals surface area contributed by atoms with Crippen molar-refractivity contribution >= 4 is 6.03 Å². The van der Waals surface area contributed by atoms with Crippen LogP contribution in [0, 0.1) is 0 Å². The highest BCUT2D eigenvalue weighted by molar-refractivity contribution is 5.74. The fourth-order valence-electron chi connectivity index (χ4n) is 2.02. The fourth-order valence-corrected chi connectivity index (χ4v) is 2.02. The van der Waals surface area contributed by atoms with E-state index in [-0.39, 0.29) is 12.1 Å². The summed E-state index contributed by atoms with van der Waals surface area (Å²) in [5.41, 5.74) is 0.867. The summed E-state index contributed by atoms with van der Waals surface area (Å²) in [6, 6.07) is 0.152. The molecule has 0 spiro atoms. The third-order valence-corrected chi connectivity index (χ3v) is 2.91. The van der Waals surface area contributed by atoms with Gasteiger partial charge in [0.15, 0.2) is 0 Å². The lowest BCUT2D eigenvalue weighted by molar-refractivity contribution is 0.236. The number of hydrogen-bond acceptors (Lipinski definition) is 3. The number of amides is 2. The van der Waals surface area contributed by atoms with E-state index in [9.17, 15) is 4.79 Å². The third-order valence-electron chi connectivity index (χ3n) is 2.91.